The van der Waals surface area contributed by atoms with Crippen LogP contribution in [0.4, 0.5) is 11.4 Å². The van der Waals surface area contributed by atoms with Gasteiger partial charge in [0.25, 0.3) is 5.91 Å². The van der Waals surface area contributed by atoms with Crippen LogP contribution in [0.25, 0.3) is 0 Å². The number of hydrazone groups is 1. The van der Waals surface area contributed by atoms with E-state index in [0.29, 0.717) is 22.7 Å². The molecule has 174 valence electrons. The maximum Gasteiger partial charge on any atom is 0.329 e. The number of hydrogen-bond acceptors (Lipinski definition) is 5. The summed E-state index contributed by atoms with van der Waals surface area (Å²) in [6.45, 7) is 5.69. The summed E-state index contributed by atoms with van der Waals surface area (Å²) in [5.74, 6) is -1.66. The molecule has 0 unspecified atom stereocenters. The van der Waals surface area contributed by atoms with Crippen LogP contribution in [0.15, 0.2) is 71.8 Å². The first-order valence-corrected chi connectivity index (χ1v) is 10.6. The van der Waals surface area contributed by atoms with Crippen molar-refractivity contribution in [2.75, 3.05) is 17.2 Å². The summed E-state index contributed by atoms with van der Waals surface area (Å²) in [5, 5.41) is 9.11. The van der Waals surface area contributed by atoms with E-state index >= 15 is 0 Å². The Labute approximate surface area is 198 Å². The molecule has 0 aromatic heterocycles. The highest BCUT2D eigenvalue weighted by atomic mass is 16.5. The number of hydrogen-bond donors (Lipinski definition) is 3. The lowest BCUT2D eigenvalue weighted by Crippen LogP contribution is -2.32. The predicted molar refractivity (Wildman–Crippen MR) is 132 cm³/mol. The van der Waals surface area contributed by atoms with Crippen molar-refractivity contribution < 1.29 is 19.1 Å². The Bertz CT molecular complexity index is 1220. The molecule has 0 radical (unpaired) electrons. The van der Waals surface area contributed by atoms with E-state index in [1.807, 2.05) is 51.1 Å². The molecule has 0 aliphatic heterocycles. The quantitative estimate of drug-likeness (QED) is 0.285. The molecule has 0 heterocycles. The number of anilines is 2. The van der Waals surface area contributed by atoms with Gasteiger partial charge in [-0.15, -0.1) is 0 Å². The Morgan fingerprint density at radius 1 is 0.824 bits per heavy atom. The minimum Gasteiger partial charge on any atom is -0.483 e. The van der Waals surface area contributed by atoms with Gasteiger partial charge in [-0.3, -0.25) is 14.4 Å². The summed E-state index contributed by atoms with van der Waals surface area (Å²) in [7, 11) is 0. The van der Waals surface area contributed by atoms with Gasteiger partial charge < -0.3 is 15.4 Å². The van der Waals surface area contributed by atoms with Gasteiger partial charge in [-0.25, -0.2) is 5.43 Å². The van der Waals surface area contributed by atoms with E-state index in [4.69, 9.17) is 4.74 Å². The van der Waals surface area contributed by atoms with Gasteiger partial charge in [-0.2, -0.15) is 5.10 Å². The second-order valence-electron chi connectivity index (χ2n) is 7.69. The van der Waals surface area contributed by atoms with E-state index in [2.05, 4.69) is 21.2 Å². The van der Waals surface area contributed by atoms with Crippen molar-refractivity contribution in [1.82, 2.24) is 5.43 Å². The van der Waals surface area contributed by atoms with Crippen molar-refractivity contribution >= 4 is 35.3 Å². The zero-order chi connectivity index (χ0) is 24.5. The van der Waals surface area contributed by atoms with Crippen molar-refractivity contribution in [2.24, 2.45) is 5.10 Å². The number of ether oxygens (including phenoxy) is 1. The average Bonchev–Trinajstić information content (AvgIpc) is 2.82. The van der Waals surface area contributed by atoms with Gasteiger partial charge in [0.1, 0.15) is 5.75 Å². The van der Waals surface area contributed by atoms with Gasteiger partial charge in [0.05, 0.1) is 6.21 Å². The maximum atomic E-state index is 12.3. The molecule has 0 atom stereocenters. The second kappa shape index (κ2) is 11.4. The Balaban J connectivity index is 1.53. The smallest absolute Gasteiger partial charge is 0.329 e. The van der Waals surface area contributed by atoms with Crippen molar-refractivity contribution in [3.8, 4) is 5.75 Å². The molecule has 34 heavy (non-hydrogen) atoms. The largest absolute Gasteiger partial charge is 0.483 e. The van der Waals surface area contributed by atoms with Crippen molar-refractivity contribution in [1.29, 1.82) is 0 Å². The molecule has 8 nitrogen and oxygen atoms in total. The van der Waals surface area contributed by atoms with Crippen molar-refractivity contribution in [3.63, 3.8) is 0 Å². The van der Waals surface area contributed by atoms with E-state index in [1.54, 1.807) is 36.4 Å². The number of nitrogens with one attached hydrogen (secondary N) is 3. The first-order valence-electron chi connectivity index (χ1n) is 10.6. The first kappa shape index (κ1) is 24.2. The third kappa shape index (κ3) is 7.03. The molecule has 3 amide bonds. The van der Waals surface area contributed by atoms with Gasteiger partial charge in [-0.05, 0) is 68.3 Å². The number of benzene rings is 3. The van der Waals surface area contributed by atoms with Gasteiger partial charge >= 0.3 is 11.8 Å². The summed E-state index contributed by atoms with van der Waals surface area (Å²) < 4.78 is 5.62. The monoisotopic (exact) mass is 458 g/mol. The summed E-state index contributed by atoms with van der Waals surface area (Å²) in [6.07, 6.45) is 1.34. The average molecular weight is 459 g/mol. The fourth-order valence-electron chi connectivity index (χ4n) is 2.91. The maximum absolute atomic E-state index is 12.3. The lowest BCUT2D eigenvalue weighted by molar-refractivity contribution is -0.136. The molecule has 0 saturated heterocycles. The SMILES string of the molecule is Cc1ccc(NC(=O)C(=O)N/N=C\c2ccccc2OCC(=O)Nc2ccc(C)c(C)c2)cc1. The topological polar surface area (TPSA) is 109 Å². The molecule has 3 aromatic rings. The Morgan fingerprint density at radius 2 is 1.53 bits per heavy atom. The summed E-state index contributed by atoms with van der Waals surface area (Å²) >= 11 is 0. The van der Waals surface area contributed by atoms with E-state index < -0.39 is 11.8 Å². The normalized spacial score (nSPS) is 10.6. The highest BCUT2D eigenvalue weighted by Gasteiger charge is 2.13. The van der Waals surface area contributed by atoms with E-state index in [9.17, 15) is 14.4 Å². The summed E-state index contributed by atoms with van der Waals surface area (Å²) in [4.78, 5) is 36.3. The number of para-hydroxylation sites is 1. The molecule has 0 aliphatic carbocycles. The molecule has 0 aliphatic rings. The van der Waals surface area contributed by atoms with E-state index in [-0.39, 0.29) is 12.5 Å². The van der Waals surface area contributed by atoms with Crippen molar-refractivity contribution in [2.45, 2.75) is 20.8 Å². The molecule has 3 aromatic carbocycles. The van der Waals surface area contributed by atoms with Crippen LogP contribution in [-0.2, 0) is 14.4 Å². The van der Waals surface area contributed by atoms with Crippen LogP contribution < -0.4 is 20.8 Å². The molecule has 8 heteroatoms. The lowest BCUT2D eigenvalue weighted by atomic mass is 10.1. The van der Waals surface area contributed by atoms with E-state index in [0.717, 1.165) is 16.7 Å². The fourth-order valence-corrected chi connectivity index (χ4v) is 2.91. The van der Waals surface area contributed by atoms with Crippen molar-refractivity contribution in [3.05, 3.63) is 89.0 Å². The van der Waals surface area contributed by atoms with Crippen LogP contribution in [0.2, 0.25) is 0 Å². The Morgan fingerprint density at radius 3 is 2.26 bits per heavy atom. The standard InChI is InChI=1S/C26H26N4O4/c1-17-8-11-21(12-9-17)29-25(32)26(33)30-27-15-20-6-4-5-7-23(20)34-16-24(31)28-22-13-10-18(2)19(3)14-22/h4-15H,16H2,1-3H3,(H,28,31)(H,29,32)(H,30,33)/b27-15-. The zero-order valence-corrected chi connectivity index (χ0v) is 19.2. The Hall–Kier alpha value is -4.46. The highest BCUT2D eigenvalue weighted by Crippen LogP contribution is 2.17. The highest BCUT2D eigenvalue weighted by molar-refractivity contribution is 6.39. The minimum atomic E-state index is -0.914. The molecular weight excluding hydrogens is 432 g/mol. The molecular formula is C26H26N4O4. The molecule has 0 saturated carbocycles. The third-order valence-electron chi connectivity index (χ3n) is 4.95. The van der Waals surface area contributed by atoms with Crippen LogP contribution >= 0.6 is 0 Å². The predicted octanol–water partition coefficient (Wildman–Crippen LogP) is 3.72. The molecule has 3 rings (SSSR count). The zero-order valence-electron chi connectivity index (χ0n) is 19.2. The summed E-state index contributed by atoms with van der Waals surface area (Å²) in [5.41, 5.74) is 7.17. The number of rotatable bonds is 7. The van der Waals surface area contributed by atoms with Crippen LogP contribution in [0.5, 0.6) is 5.75 Å². The van der Waals surface area contributed by atoms with Crippen LogP contribution in [-0.4, -0.2) is 30.5 Å². The number of carbonyl (C=O) groups excluding carboxylic acids is 3. The summed E-state index contributed by atoms with van der Waals surface area (Å²) in [6, 6.07) is 19.6. The van der Waals surface area contributed by atoms with Gasteiger partial charge in [0, 0.05) is 16.9 Å². The second-order valence-corrected chi connectivity index (χ2v) is 7.69. The minimum absolute atomic E-state index is 0.205. The number of aryl methyl sites for hydroxylation is 3. The number of amides is 3. The van der Waals surface area contributed by atoms with Crippen LogP contribution in [0, 0.1) is 20.8 Å². The molecule has 0 fully saturated rings. The number of nitrogens with zero attached hydrogens (tertiary/aromatic N) is 1. The third-order valence-corrected chi connectivity index (χ3v) is 4.95. The van der Waals surface area contributed by atoms with Crippen LogP contribution in [0.1, 0.15) is 22.3 Å². The van der Waals surface area contributed by atoms with E-state index in [1.165, 1.54) is 6.21 Å². The van der Waals surface area contributed by atoms with Crippen LogP contribution in [0.3, 0.4) is 0 Å². The molecule has 3 N–H and O–H groups in total. The molecule has 0 bridgehead atoms. The van der Waals surface area contributed by atoms with Gasteiger partial charge in [0.15, 0.2) is 6.61 Å². The molecule has 0 spiro atoms. The number of carbonyl (C=O) groups is 3. The Kier molecular flexibility index (Phi) is 8.12. The van der Waals surface area contributed by atoms with Gasteiger partial charge in [0.2, 0.25) is 0 Å². The lowest BCUT2D eigenvalue weighted by Gasteiger charge is -2.10. The van der Waals surface area contributed by atoms with Gasteiger partial charge in [-0.1, -0.05) is 35.9 Å². The first-order chi connectivity index (χ1) is 16.3. The fraction of sp³-hybridized carbons (Fsp3) is 0.154.